The molecule has 0 unspecified atom stereocenters. The molecular weight excluding hydrogens is 307 g/mol. The Hall–Kier alpha value is -2.76. The van der Waals surface area contributed by atoms with Gasteiger partial charge < -0.3 is 10.1 Å². The number of carboxylic acids is 1. The van der Waals surface area contributed by atoms with E-state index in [0.29, 0.717) is 17.3 Å². The van der Waals surface area contributed by atoms with Crippen molar-refractivity contribution in [1.82, 2.24) is 4.98 Å². The molecule has 1 heterocycles. The molecule has 0 spiro atoms. The van der Waals surface area contributed by atoms with E-state index in [0.717, 1.165) is 23.4 Å². The van der Waals surface area contributed by atoms with Gasteiger partial charge in [0.2, 0.25) is 0 Å². The third-order valence-electron chi connectivity index (χ3n) is 3.60. The van der Waals surface area contributed by atoms with Crippen molar-refractivity contribution in [1.29, 1.82) is 0 Å². The molecule has 0 saturated heterocycles. The molecular formula is C17H12F3NO2. The summed E-state index contributed by atoms with van der Waals surface area (Å²) in [5.41, 5.74) is 1.79. The van der Waals surface area contributed by atoms with Crippen LogP contribution in [0.5, 0.6) is 0 Å². The van der Waals surface area contributed by atoms with Gasteiger partial charge in [-0.25, -0.2) is 4.79 Å². The van der Waals surface area contributed by atoms with Gasteiger partial charge in [0, 0.05) is 23.0 Å². The average molecular weight is 319 g/mol. The second-order valence-corrected chi connectivity index (χ2v) is 5.27. The number of fused-ring (bicyclic) bond motifs is 1. The third-order valence-corrected chi connectivity index (χ3v) is 3.60. The molecule has 0 atom stereocenters. The van der Waals surface area contributed by atoms with Crippen LogP contribution in [0, 0.1) is 0 Å². The number of rotatable bonds is 3. The van der Waals surface area contributed by atoms with Crippen LogP contribution in [0.3, 0.4) is 0 Å². The average Bonchev–Trinajstić information content (AvgIpc) is 2.88. The van der Waals surface area contributed by atoms with E-state index in [1.165, 1.54) is 18.2 Å². The van der Waals surface area contributed by atoms with Crippen LogP contribution in [0.25, 0.3) is 10.9 Å². The number of halogens is 3. The zero-order valence-electron chi connectivity index (χ0n) is 11.8. The molecule has 2 N–H and O–H groups in total. The zero-order chi connectivity index (χ0) is 16.6. The topological polar surface area (TPSA) is 53.1 Å². The van der Waals surface area contributed by atoms with Gasteiger partial charge in [-0.05, 0) is 42.0 Å². The highest BCUT2D eigenvalue weighted by atomic mass is 19.4. The van der Waals surface area contributed by atoms with Crippen molar-refractivity contribution in [3.05, 3.63) is 70.9 Å². The highest BCUT2D eigenvalue weighted by molar-refractivity contribution is 5.87. The minimum atomic E-state index is -4.36. The molecule has 1 aromatic heterocycles. The van der Waals surface area contributed by atoms with E-state index in [9.17, 15) is 18.0 Å². The fraction of sp³-hybridized carbons (Fsp3) is 0.118. The zero-order valence-corrected chi connectivity index (χ0v) is 11.8. The number of aromatic amines is 1. The molecule has 0 aliphatic carbocycles. The lowest BCUT2D eigenvalue weighted by Gasteiger charge is -2.05. The summed E-state index contributed by atoms with van der Waals surface area (Å²) in [4.78, 5) is 13.9. The van der Waals surface area contributed by atoms with Gasteiger partial charge in [-0.15, -0.1) is 0 Å². The van der Waals surface area contributed by atoms with Crippen LogP contribution in [0.2, 0.25) is 0 Å². The van der Waals surface area contributed by atoms with Gasteiger partial charge in [0.1, 0.15) is 0 Å². The largest absolute Gasteiger partial charge is 0.478 e. The number of carbonyl (C=O) groups is 1. The van der Waals surface area contributed by atoms with Gasteiger partial charge >= 0.3 is 12.1 Å². The van der Waals surface area contributed by atoms with Crippen LogP contribution in [-0.4, -0.2) is 16.1 Å². The predicted octanol–water partition coefficient (Wildman–Crippen LogP) is 4.48. The Morgan fingerprint density at radius 2 is 1.74 bits per heavy atom. The SMILES string of the molecule is O=C(O)c1ccc(Cc2cc3cc(C(F)(F)F)ccc3[nH]2)cc1. The molecule has 0 saturated carbocycles. The molecule has 2 aromatic carbocycles. The lowest BCUT2D eigenvalue weighted by molar-refractivity contribution is -0.137. The van der Waals surface area contributed by atoms with Gasteiger partial charge in [-0.3, -0.25) is 0 Å². The lowest BCUT2D eigenvalue weighted by atomic mass is 10.1. The van der Waals surface area contributed by atoms with E-state index in [4.69, 9.17) is 5.11 Å². The van der Waals surface area contributed by atoms with E-state index in [1.54, 1.807) is 18.2 Å². The first-order chi connectivity index (χ1) is 10.8. The first kappa shape index (κ1) is 15.1. The van der Waals surface area contributed by atoms with E-state index < -0.39 is 17.7 Å². The smallest absolute Gasteiger partial charge is 0.416 e. The first-order valence-corrected chi connectivity index (χ1v) is 6.84. The predicted molar refractivity (Wildman–Crippen MR) is 79.5 cm³/mol. The van der Waals surface area contributed by atoms with Gasteiger partial charge in [0.05, 0.1) is 11.1 Å². The maximum Gasteiger partial charge on any atom is 0.416 e. The fourth-order valence-corrected chi connectivity index (χ4v) is 2.45. The normalized spacial score (nSPS) is 11.8. The van der Waals surface area contributed by atoms with Crippen molar-refractivity contribution in [3.63, 3.8) is 0 Å². The van der Waals surface area contributed by atoms with Crippen molar-refractivity contribution >= 4 is 16.9 Å². The Bertz CT molecular complexity index is 864. The monoisotopic (exact) mass is 319 g/mol. The summed E-state index contributed by atoms with van der Waals surface area (Å²) < 4.78 is 38.1. The molecule has 3 rings (SSSR count). The Labute approximate surface area is 129 Å². The standard InChI is InChI=1S/C17H12F3NO2/c18-17(19,20)13-5-6-15-12(8-13)9-14(21-15)7-10-1-3-11(4-2-10)16(22)23/h1-6,8-9,21H,7H2,(H,22,23). The third kappa shape index (κ3) is 3.21. The number of aromatic carboxylic acids is 1. The Balaban J connectivity index is 1.87. The van der Waals surface area contributed by atoms with Crippen LogP contribution in [-0.2, 0) is 12.6 Å². The van der Waals surface area contributed by atoms with Crippen molar-refractivity contribution in [3.8, 4) is 0 Å². The number of hydrogen-bond acceptors (Lipinski definition) is 1. The Morgan fingerprint density at radius 1 is 1.04 bits per heavy atom. The molecule has 6 heteroatoms. The van der Waals surface area contributed by atoms with E-state index >= 15 is 0 Å². The van der Waals surface area contributed by atoms with E-state index in [2.05, 4.69) is 4.98 Å². The van der Waals surface area contributed by atoms with Crippen LogP contribution >= 0.6 is 0 Å². The van der Waals surface area contributed by atoms with Gasteiger partial charge in [0.15, 0.2) is 0 Å². The number of benzene rings is 2. The summed E-state index contributed by atoms with van der Waals surface area (Å²) in [5, 5.41) is 9.35. The summed E-state index contributed by atoms with van der Waals surface area (Å²) in [5.74, 6) is -0.998. The summed E-state index contributed by atoms with van der Waals surface area (Å²) in [6, 6.07) is 11.6. The van der Waals surface area contributed by atoms with E-state index in [-0.39, 0.29) is 5.56 Å². The minimum Gasteiger partial charge on any atom is -0.478 e. The number of carboxylic acid groups (broad SMARTS) is 1. The quantitative estimate of drug-likeness (QED) is 0.748. The summed E-state index contributed by atoms with van der Waals surface area (Å²) in [7, 11) is 0. The molecule has 0 aliphatic rings. The number of alkyl halides is 3. The van der Waals surface area contributed by atoms with Crippen LogP contribution < -0.4 is 0 Å². The highest BCUT2D eigenvalue weighted by Gasteiger charge is 2.30. The highest BCUT2D eigenvalue weighted by Crippen LogP contribution is 2.31. The lowest BCUT2D eigenvalue weighted by Crippen LogP contribution is -2.03. The number of aromatic nitrogens is 1. The van der Waals surface area contributed by atoms with Crippen LogP contribution in [0.1, 0.15) is 27.2 Å². The second kappa shape index (κ2) is 5.46. The molecule has 118 valence electrons. The molecule has 3 aromatic rings. The van der Waals surface area contributed by atoms with Crippen LogP contribution in [0.4, 0.5) is 13.2 Å². The Morgan fingerprint density at radius 3 is 2.35 bits per heavy atom. The van der Waals surface area contributed by atoms with Gasteiger partial charge in [-0.1, -0.05) is 12.1 Å². The minimum absolute atomic E-state index is 0.195. The van der Waals surface area contributed by atoms with Crippen LogP contribution in [0.15, 0.2) is 48.5 Å². The maximum atomic E-state index is 12.7. The molecule has 0 fully saturated rings. The van der Waals surface area contributed by atoms with E-state index in [1.807, 2.05) is 0 Å². The van der Waals surface area contributed by atoms with Gasteiger partial charge in [-0.2, -0.15) is 13.2 Å². The van der Waals surface area contributed by atoms with Crippen molar-refractivity contribution in [2.24, 2.45) is 0 Å². The number of hydrogen-bond donors (Lipinski definition) is 2. The fourth-order valence-electron chi connectivity index (χ4n) is 2.45. The summed E-state index contributed by atoms with van der Waals surface area (Å²) in [6.07, 6.45) is -3.88. The van der Waals surface area contributed by atoms with Crippen molar-refractivity contribution in [2.45, 2.75) is 12.6 Å². The molecule has 3 nitrogen and oxygen atoms in total. The van der Waals surface area contributed by atoms with Gasteiger partial charge in [0.25, 0.3) is 0 Å². The summed E-state index contributed by atoms with van der Waals surface area (Å²) in [6.45, 7) is 0. The Kier molecular flexibility index (Phi) is 3.60. The molecule has 0 amide bonds. The van der Waals surface area contributed by atoms with Crippen molar-refractivity contribution < 1.29 is 23.1 Å². The molecule has 0 radical (unpaired) electrons. The molecule has 23 heavy (non-hydrogen) atoms. The second-order valence-electron chi connectivity index (χ2n) is 5.27. The first-order valence-electron chi connectivity index (χ1n) is 6.84. The van der Waals surface area contributed by atoms with Crippen molar-refractivity contribution in [2.75, 3.05) is 0 Å². The number of nitrogens with one attached hydrogen (secondary N) is 1. The number of H-pyrrole nitrogens is 1. The summed E-state index contributed by atoms with van der Waals surface area (Å²) >= 11 is 0. The maximum absolute atomic E-state index is 12.7. The molecule has 0 bridgehead atoms. The molecule has 0 aliphatic heterocycles.